The van der Waals surface area contributed by atoms with Crippen LogP contribution < -0.4 is 0 Å². The van der Waals surface area contributed by atoms with Crippen LogP contribution in [0.5, 0.6) is 0 Å². The fourth-order valence-corrected chi connectivity index (χ4v) is 1.77. The summed E-state index contributed by atoms with van der Waals surface area (Å²) in [6, 6.07) is 8.03. The van der Waals surface area contributed by atoms with Gasteiger partial charge in [-0.2, -0.15) is 5.10 Å². The highest BCUT2D eigenvalue weighted by atomic mass is 79.9. The molecular weight excluding hydrogens is 338 g/mol. The molecule has 0 heterocycles. The number of aliphatic imine (C=N–C) groups is 1. The lowest BCUT2D eigenvalue weighted by Crippen LogP contribution is -2.09. The molecule has 0 unspecified atom stereocenters. The standard InChI is InChI=1S/C15H17BrClN3/c1-11-7-5-6-8-13(11)14(18-3)9-15(17)20(4)19-10-12(2)16/h5-10H,2H2,1,3-4H3/b15-9-,18-14+,19-10-. The molecule has 0 aliphatic rings. The quantitative estimate of drug-likeness (QED) is 0.439. The van der Waals surface area contributed by atoms with E-state index >= 15 is 0 Å². The van der Waals surface area contributed by atoms with Gasteiger partial charge in [0.15, 0.2) is 0 Å². The molecule has 0 fully saturated rings. The second-order valence-electron chi connectivity index (χ2n) is 4.11. The summed E-state index contributed by atoms with van der Waals surface area (Å²) >= 11 is 9.44. The zero-order valence-electron chi connectivity index (χ0n) is 11.8. The third kappa shape index (κ3) is 4.94. The van der Waals surface area contributed by atoms with Crippen LogP contribution in [0.3, 0.4) is 0 Å². The maximum absolute atomic E-state index is 6.24. The molecule has 106 valence electrons. The molecule has 0 spiro atoms. The summed E-state index contributed by atoms with van der Waals surface area (Å²) in [6.45, 7) is 5.72. The van der Waals surface area contributed by atoms with E-state index in [1.807, 2.05) is 31.2 Å². The number of benzene rings is 1. The molecule has 5 heteroatoms. The van der Waals surface area contributed by atoms with Crippen molar-refractivity contribution in [2.24, 2.45) is 10.1 Å². The Morgan fingerprint density at radius 1 is 1.40 bits per heavy atom. The predicted molar refractivity (Wildman–Crippen MR) is 91.9 cm³/mol. The van der Waals surface area contributed by atoms with Gasteiger partial charge in [-0.05, 0) is 28.4 Å². The minimum Gasteiger partial charge on any atom is -0.288 e. The molecule has 0 saturated heterocycles. The van der Waals surface area contributed by atoms with Crippen LogP contribution in [0, 0.1) is 6.92 Å². The third-order valence-electron chi connectivity index (χ3n) is 2.60. The number of halogens is 2. The van der Waals surface area contributed by atoms with Gasteiger partial charge in [0.2, 0.25) is 0 Å². The van der Waals surface area contributed by atoms with Gasteiger partial charge in [0.1, 0.15) is 5.16 Å². The summed E-state index contributed by atoms with van der Waals surface area (Å²) in [6.07, 6.45) is 3.37. The first-order chi connectivity index (χ1) is 9.45. The molecule has 0 radical (unpaired) electrons. The fraction of sp³-hybridized carbons (Fsp3) is 0.200. The van der Waals surface area contributed by atoms with E-state index in [1.165, 1.54) is 0 Å². The Balaban J connectivity index is 3.01. The second kappa shape index (κ2) is 8.02. The van der Waals surface area contributed by atoms with Crippen LogP contribution in [-0.2, 0) is 0 Å². The number of allylic oxidation sites excluding steroid dienone is 2. The van der Waals surface area contributed by atoms with Gasteiger partial charge in [-0.25, -0.2) is 0 Å². The van der Waals surface area contributed by atoms with Gasteiger partial charge in [-0.1, -0.05) is 42.4 Å². The van der Waals surface area contributed by atoms with E-state index in [-0.39, 0.29) is 0 Å². The van der Waals surface area contributed by atoms with Crippen molar-refractivity contribution < 1.29 is 0 Å². The van der Waals surface area contributed by atoms with E-state index in [0.717, 1.165) is 16.8 Å². The molecule has 0 atom stereocenters. The van der Waals surface area contributed by atoms with Crippen molar-refractivity contribution in [3.63, 3.8) is 0 Å². The average Bonchev–Trinajstić information content (AvgIpc) is 2.42. The zero-order chi connectivity index (χ0) is 15.1. The van der Waals surface area contributed by atoms with E-state index in [9.17, 15) is 0 Å². The lowest BCUT2D eigenvalue weighted by Gasteiger charge is -2.12. The summed E-state index contributed by atoms with van der Waals surface area (Å²) in [5, 5.41) is 6.16. The molecule has 0 bridgehead atoms. The maximum atomic E-state index is 6.24. The van der Waals surface area contributed by atoms with Crippen molar-refractivity contribution in [1.29, 1.82) is 0 Å². The van der Waals surface area contributed by atoms with E-state index < -0.39 is 0 Å². The van der Waals surface area contributed by atoms with Gasteiger partial charge >= 0.3 is 0 Å². The number of aryl methyl sites for hydroxylation is 1. The molecular formula is C15H17BrClN3. The lowest BCUT2D eigenvalue weighted by atomic mass is 10.0. The van der Waals surface area contributed by atoms with Crippen molar-refractivity contribution in [2.45, 2.75) is 6.92 Å². The smallest absolute Gasteiger partial charge is 0.127 e. The largest absolute Gasteiger partial charge is 0.288 e. The number of hydrogen-bond donors (Lipinski definition) is 0. The van der Waals surface area contributed by atoms with E-state index in [0.29, 0.717) is 9.64 Å². The molecule has 1 rings (SSSR count). The number of hydrazone groups is 1. The Hall–Kier alpha value is -1.39. The Morgan fingerprint density at radius 2 is 2.05 bits per heavy atom. The van der Waals surface area contributed by atoms with Gasteiger partial charge < -0.3 is 0 Å². The monoisotopic (exact) mass is 353 g/mol. The van der Waals surface area contributed by atoms with Crippen molar-refractivity contribution in [2.75, 3.05) is 14.1 Å². The highest BCUT2D eigenvalue weighted by Gasteiger charge is 2.06. The molecule has 0 aliphatic carbocycles. The molecule has 0 amide bonds. The number of hydrogen-bond acceptors (Lipinski definition) is 3. The molecule has 20 heavy (non-hydrogen) atoms. The Morgan fingerprint density at radius 3 is 2.60 bits per heavy atom. The highest BCUT2D eigenvalue weighted by Crippen LogP contribution is 2.14. The van der Waals surface area contributed by atoms with Gasteiger partial charge in [0, 0.05) is 30.2 Å². The SMILES string of the molecule is C=C(Br)/C=N\N(C)/C(Cl)=C\C(=N/C)c1ccccc1C. The molecule has 0 aromatic heterocycles. The summed E-state index contributed by atoms with van der Waals surface area (Å²) in [4.78, 5) is 4.29. The Bertz CT molecular complexity index is 576. The molecule has 0 saturated carbocycles. The van der Waals surface area contributed by atoms with Crippen LogP contribution in [0.4, 0.5) is 0 Å². The minimum absolute atomic E-state index is 0.471. The van der Waals surface area contributed by atoms with Crippen molar-refractivity contribution >= 4 is 39.5 Å². The summed E-state index contributed by atoms with van der Waals surface area (Å²) in [5.41, 5.74) is 3.01. The average molecular weight is 355 g/mol. The van der Waals surface area contributed by atoms with Crippen LogP contribution in [0.2, 0.25) is 0 Å². The highest BCUT2D eigenvalue weighted by molar-refractivity contribution is 9.12. The molecule has 1 aromatic rings. The molecule has 3 nitrogen and oxygen atoms in total. The first kappa shape index (κ1) is 16.7. The number of nitrogens with zero attached hydrogens (tertiary/aromatic N) is 3. The van der Waals surface area contributed by atoms with Crippen LogP contribution >= 0.6 is 27.5 Å². The van der Waals surface area contributed by atoms with Crippen molar-refractivity contribution in [1.82, 2.24) is 5.01 Å². The lowest BCUT2D eigenvalue weighted by molar-refractivity contribution is 0.479. The minimum atomic E-state index is 0.471. The molecule has 0 N–H and O–H groups in total. The van der Waals surface area contributed by atoms with Crippen LogP contribution in [-0.4, -0.2) is 31.0 Å². The van der Waals surface area contributed by atoms with Gasteiger partial charge in [-0.3, -0.25) is 10.0 Å². The topological polar surface area (TPSA) is 28.0 Å². The summed E-state index contributed by atoms with van der Waals surface area (Å²) < 4.78 is 0.678. The van der Waals surface area contributed by atoms with Crippen LogP contribution in [0.15, 0.2) is 56.7 Å². The van der Waals surface area contributed by atoms with Gasteiger partial charge in [0.25, 0.3) is 0 Å². The summed E-state index contributed by atoms with van der Waals surface area (Å²) in [5.74, 6) is 0. The first-order valence-corrected chi connectivity index (χ1v) is 7.15. The second-order valence-corrected chi connectivity index (χ2v) is 5.51. The summed E-state index contributed by atoms with van der Waals surface area (Å²) in [7, 11) is 3.50. The molecule has 1 aromatic carbocycles. The predicted octanol–water partition coefficient (Wildman–Crippen LogP) is 4.32. The van der Waals surface area contributed by atoms with E-state index in [4.69, 9.17) is 11.6 Å². The Kier molecular flexibility index (Phi) is 6.68. The van der Waals surface area contributed by atoms with Crippen LogP contribution in [0.25, 0.3) is 0 Å². The van der Waals surface area contributed by atoms with Crippen molar-refractivity contribution in [3.8, 4) is 0 Å². The van der Waals surface area contributed by atoms with Gasteiger partial charge in [0.05, 0.1) is 11.9 Å². The normalized spacial score (nSPS) is 12.8. The molecule has 0 aliphatic heterocycles. The first-order valence-electron chi connectivity index (χ1n) is 5.97. The van der Waals surface area contributed by atoms with Crippen molar-refractivity contribution in [3.05, 3.63) is 57.7 Å². The zero-order valence-corrected chi connectivity index (χ0v) is 14.1. The third-order valence-corrected chi connectivity index (χ3v) is 3.16. The van der Waals surface area contributed by atoms with Gasteiger partial charge in [-0.15, -0.1) is 0 Å². The van der Waals surface area contributed by atoms with Crippen LogP contribution in [0.1, 0.15) is 11.1 Å². The fourth-order valence-electron chi connectivity index (χ4n) is 1.53. The van der Waals surface area contributed by atoms with E-state index in [2.05, 4.69) is 32.6 Å². The van der Waals surface area contributed by atoms with E-state index in [1.54, 1.807) is 31.4 Å². The number of rotatable bonds is 5. The maximum Gasteiger partial charge on any atom is 0.127 e. The Labute approximate surface area is 133 Å².